The van der Waals surface area contributed by atoms with Gasteiger partial charge in [0.15, 0.2) is 6.61 Å². The molecule has 34 heavy (non-hydrogen) atoms. The van der Waals surface area contributed by atoms with Crippen LogP contribution in [0.25, 0.3) is 22.6 Å². The Kier molecular flexibility index (Phi) is 5.63. The molecule has 2 aromatic heterocycles. The zero-order valence-corrected chi connectivity index (χ0v) is 17.8. The molecular weight excluding hydrogens is 442 g/mol. The van der Waals surface area contributed by atoms with E-state index in [-0.39, 0.29) is 5.69 Å². The van der Waals surface area contributed by atoms with Crippen LogP contribution >= 0.6 is 0 Å². The monoisotopic (exact) mass is 460 g/mol. The smallest absolute Gasteiger partial charge is 0.339 e. The van der Waals surface area contributed by atoms with E-state index in [1.807, 2.05) is 18.2 Å². The van der Waals surface area contributed by atoms with Crippen molar-refractivity contribution in [3.8, 4) is 0 Å². The van der Waals surface area contributed by atoms with Gasteiger partial charge in [-0.05, 0) is 60.4 Å². The van der Waals surface area contributed by atoms with Crippen molar-refractivity contribution in [3.05, 3.63) is 95.1 Å². The lowest BCUT2D eigenvalue weighted by Crippen LogP contribution is -2.22. The minimum atomic E-state index is -0.796. The summed E-state index contributed by atoms with van der Waals surface area (Å²) in [6.45, 7) is -0.657. The number of benzene rings is 2. The van der Waals surface area contributed by atoms with Crippen LogP contribution in [-0.4, -0.2) is 23.5 Å². The Morgan fingerprint density at radius 1 is 1.09 bits per heavy atom. The van der Waals surface area contributed by atoms with E-state index in [1.54, 1.807) is 30.5 Å². The summed E-state index contributed by atoms with van der Waals surface area (Å²) in [5.41, 5.74) is 2.99. The maximum atomic E-state index is 13.8. The van der Waals surface area contributed by atoms with Crippen molar-refractivity contribution in [1.29, 1.82) is 0 Å². The van der Waals surface area contributed by atoms with Gasteiger partial charge in [-0.1, -0.05) is 18.2 Å². The van der Waals surface area contributed by atoms with Gasteiger partial charge in [-0.3, -0.25) is 4.79 Å². The number of hydrogen-bond acceptors (Lipinski definition) is 5. The predicted molar refractivity (Wildman–Crippen MR) is 122 cm³/mol. The Hall–Kier alpha value is -4.33. The summed E-state index contributed by atoms with van der Waals surface area (Å²) in [6.07, 6.45) is 4.72. The highest BCUT2D eigenvalue weighted by Crippen LogP contribution is 2.37. The summed E-state index contributed by atoms with van der Waals surface area (Å²) in [6, 6.07) is 13.5. The van der Waals surface area contributed by atoms with Gasteiger partial charge < -0.3 is 14.5 Å². The van der Waals surface area contributed by atoms with E-state index < -0.39 is 30.1 Å². The van der Waals surface area contributed by atoms with E-state index in [0.29, 0.717) is 40.8 Å². The van der Waals surface area contributed by atoms with Crippen LogP contribution in [0.15, 0.2) is 65.3 Å². The quantitative estimate of drug-likeness (QED) is 0.404. The van der Waals surface area contributed by atoms with Crippen LogP contribution < -0.4 is 5.32 Å². The van der Waals surface area contributed by atoms with Gasteiger partial charge in [-0.15, -0.1) is 0 Å². The molecule has 1 amide bonds. The number of rotatable bonds is 5. The van der Waals surface area contributed by atoms with E-state index in [4.69, 9.17) is 14.1 Å². The Labute approximate surface area is 192 Å². The summed E-state index contributed by atoms with van der Waals surface area (Å²) in [4.78, 5) is 30.1. The number of fused-ring (bicyclic) bond motifs is 2. The van der Waals surface area contributed by atoms with Crippen molar-refractivity contribution >= 4 is 40.1 Å². The summed E-state index contributed by atoms with van der Waals surface area (Å²) in [5, 5.41) is 2.83. The fourth-order valence-electron chi connectivity index (χ4n) is 4.04. The van der Waals surface area contributed by atoms with Crippen molar-refractivity contribution in [3.63, 3.8) is 0 Å². The van der Waals surface area contributed by atoms with Gasteiger partial charge in [0.2, 0.25) is 0 Å². The van der Waals surface area contributed by atoms with E-state index in [1.165, 1.54) is 0 Å². The number of allylic oxidation sites excluding steroid dienone is 1. The number of aromatic nitrogens is 1. The predicted octanol–water partition coefficient (Wildman–Crippen LogP) is 5.39. The van der Waals surface area contributed by atoms with E-state index in [0.717, 1.165) is 29.3 Å². The molecule has 0 saturated heterocycles. The molecule has 0 saturated carbocycles. The summed E-state index contributed by atoms with van der Waals surface area (Å²) < 4.78 is 37.8. The first-order chi connectivity index (χ1) is 16.5. The van der Waals surface area contributed by atoms with Crippen LogP contribution in [0.3, 0.4) is 0 Å². The number of nitrogens with one attached hydrogen (secondary N) is 1. The number of amides is 1. The van der Waals surface area contributed by atoms with Gasteiger partial charge in [0.25, 0.3) is 5.91 Å². The topological polar surface area (TPSA) is 81.4 Å². The number of pyridine rings is 1. The molecule has 2 aromatic carbocycles. The van der Waals surface area contributed by atoms with Gasteiger partial charge in [-0.2, -0.15) is 0 Å². The van der Waals surface area contributed by atoms with Gasteiger partial charge in [-0.25, -0.2) is 18.6 Å². The average molecular weight is 460 g/mol. The Morgan fingerprint density at radius 2 is 1.94 bits per heavy atom. The highest BCUT2D eigenvalue weighted by Gasteiger charge is 2.28. The highest BCUT2D eigenvalue weighted by atomic mass is 19.1. The summed E-state index contributed by atoms with van der Waals surface area (Å²) >= 11 is 0. The number of carbonyl (C=O) groups excluding carboxylic acids is 2. The third-order valence-corrected chi connectivity index (χ3v) is 5.54. The molecule has 6 nitrogen and oxygen atoms in total. The molecule has 1 aliphatic carbocycles. The van der Waals surface area contributed by atoms with Crippen molar-refractivity contribution in [2.45, 2.75) is 12.8 Å². The third kappa shape index (κ3) is 4.17. The number of hydrogen-bond donors (Lipinski definition) is 1. The largest absolute Gasteiger partial charge is 0.465 e. The lowest BCUT2D eigenvalue weighted by molar-refractivity contribution is -0.119. The van der Waals surface area contributed by atoms with Crippen LogP contribution in [-0.2, 0) is 16.0 Å². The van der Waals surface area contributed by atoms with Gasteiger partial charge in [0.05, 0.1) is 28.7 Å². The van der Waals surface area contributed by atoms with Crippen LogP contribution in [0.5, 0.6) is 0 Å². The number of esters is 1. The number of carbonyl (C=O) groups is 2. The Balaban J connectivity index is 1.42. The third-order valence-electron chi connectivity index (χ3n) is 5.54. The number of ether oxygens (including phenoxy) is 1. The van der Waals surface area contributed by atoms with Crippen molar-refractivity contribution < 1.29 is 27.5 Å². The van der Waals surface area contributed by atoms with E-state index in [9.17, 15) is 18.4 Å². The molecule has 2 heterocycles. The molecule has 8 heteroatoms. The molecule has 0 unspecified atom stereocenters. The van der Waals surface area contributed by atoms with Crippen molar-refractivity contribution in [2.75, 3.05) is 11.9 Å². The number of anilines is 1. The van der Waals surface area contributed by atoms with E-state index >= 15 is 0 Å². The fraction of sp³-hybridized carbons (Fsp3) is 0.115. The second kappa shape index (κ2) is 8.90. The lowest BCUT2D eigenvalue weighted by Gasteiger charge is -2.12. The Morgan fingerprint density at radius 3 is 2.76 bits per heavy atom. The first kappa shape index (κ1) is 21.5. The normalized spacial score (nSPS) is 13.8. The molecule has 1 N–H and O–H groups in total. The number of para-hydroxylation sites is 1. The molecule has 0 atom stereocenters. The van der Waals surface area contributed by atoms with Crippen molar-refractivity contribution in [2.24, 2.45) is 0 Å². The highest BCUT2D eigenvalue weighted by molar-refractivity contribution is 6.08. The molecule has 5 rings (SSSR count). The number of nitrogens with zero attached hydrogens (tertiary/aromatic N) is 1. The molecule has 0 spiro atoms. The zero-order valence-electron chi connectivity index (χ0n) is 17.8. The number of halogens is 2. The minimum absolute atomic E-state index is 0.330. The van der Waals surface area contributed by atoms with Crippen LogP contribution in [0.4, 0.5) is 14.5 Å². The standard InChI is InChI=1S/C26H18F2N2O4/c27-16-8-10-20(28)22(13-16)29-23(31)14-34-26(32)24-18-5-1-2-6-21(18)30-25-15(7-9-19(24)25)12-17-4-3-11-33-17/h1-6,8,10-13H,7,9,14H2,(H,29,31)/b15-12-. The van der Waals surface area contributed by atoms with E-state index in [2.05, 4.69) is 5.32 Å². The molecule has 0 radical (unpaired) electrons. The molecule has 0 fully saturated rings. The SMILES string of the molecule is O=C(COC(=O)c1c2c(nc3ccccc13)/C(=C\c1ccco1)CC2)Nc1cc(F)ccc1F. The summed E-state index contributed by atoms with van der Waals surface area (Å²) in [5.74, 6) is -2.29. The van der Waals surface area contributed by atoms with Crippen LogP contribution in [0.2, 0.25) is 0 Å². The lowest BCUT2D eigenvalue weighted by atomic mass is 10.0. The maximum Gasteiger partial charge on any atom is 0.339 e. The Bertz CT molecular complexity index is 1440. The molecule has 1 aliphatic rings. The average Bonchev–Trinajstić information content (AvgIpc) is 3.49. The first-order valence-electron chi connectivity index (χ1n) is 10.6. The fourth-order valence-corrected chi connectivity index (χ4v) is 4.04. The summed E-state index contributed by atoms with van der Waals surface area (Å²) in [7, 11) is 0. The minimum Gasteiger partial charge on any atom is -0.465 e. The molecule has 170 valence electrons. The first-order valence-corrected chi connectivity index (χ1v) is 10.6. The van der Waals surface area contributed by atoms with Crippen LogP contribution in [0.1, 0.15) is 33.8 Å². The molecule has 4 aromatic rings. The molecule has 0 bridgehead atoms. The zero-order chi connectivity index (χ0) is 23.7. The van der Waals surface area contributed by atoms with Gasteiger partial charge >= 0.3 is 5.97 Å². The van der Waals surface area contributed by atoms with Crippen molar-refractivity contribution in [1.82, 2.24) is 4.98 Å². The molecular formula is C26H18F2N2O4. The van der Waals surface area contributed by atoms with Gasteiger partial charge in [0.1, 0.15) is 17.4 Å². The van der Waals surface area contributed by atoms with Gasteiger partial charge in [0, 0.05) is 11.5 Å². The second-order valence-corrected chi connectivity index (χ2v) is 7.76. The van der Waals surface area contributed by atoms with Crippen LogP contribution in [0, 0.1) is 11.6 Å². The maximum absolute atomic E-state index is 13.8. The molecule has 0 aliphatic heterocycles. The second-order valence-electron chi connectivity index (χ2n) is 7.76. The number of furan rings is 1.